The number of primary amides is 1. The number of nitrogens with two attached hydrogens (primary N) is 1. The fraction of sp³-hybridized carbons (Fsp3) is 0.500. The first-order chi connectivity index (χ1) is 18.2. The zero-order valence-electron chi connectivity index (χ0n) is 24.9. The lowest BCUT2D eigenvalue weighted by molar-refractivity contribution is -0.123. The van der Waals surface area contributed by atoms with Crippen LogP contribution in [0.25, 0.3) is 12.2 Å². The van der Waals surface area contributed by atoms with Gasteiger partial charge in [0.1, 0.15) is 0 Å². The Morgan fingerprint density at radius 3 is 2.39 bits per heavy atom. The van der Waals surface area contributed by atoms with Gasteiger partial charge in [-0.1, -0.05) is 71.7 Å². The van der Waals surface area contributed by atoms with Crippen molar-refractivity contribution < 1.29 is 4.79 Å². The van der Waals surface area contributed by atoms with Gasteiger partial charge in [-0.15, -0.1) is 6.42 Å². The number of hydrogen-bond acceptors (Lipinski definition) is 4. The lowest BCUT2D eigenvalue weighted by Gasteiger charge is -2.35. The summed E-state index contributed by atoms with van der Waals surface area (Å²) in [6.07, 6.45) is 15.5. The molecule has 1 aliphatic rings. The first kappa shape index (κ1) is 32.7. The van der Waals surface area contributed by atoms with E-state index in [2.05, 4.69) is 72.3 Å². The molecule has 1 amide bonds. The number of carbonyl (C=O) groups is 1. The lowest BCUT2D eigenvalue weighted by Crippen LogP contribution is -2.40. The van der Waals surface area contributed by atoms with Crippen LogP contribution >= 0.6 is 0 Å². The molecule has 3 rings (SSSR count). The van der Waals surface area contributed by atoms with Crippen LogP contribution in [0.4, 0.5) is 5.69 Å². The van der Waals surface area contributed by atoms with Gasteiger partial charge in [0.05, 0.1) is 23.1 Å². The van der Waals surface area contributed by atoms with Gasteiger partial charge >= 0.3 is 0 Å². The number of imidazole rings is 1. The second-order valence-electron chi connectivity index (χ2n) is 9.34. The fourth-order valence-corrected chi connectivity index (χ4v) is 4.51. The molecule has 2 aromatic rings. The zero-order valence-corrected chi connectivity index (χ0v) is 24.9. The van der Waals surface area contributed by atoms with Gasteiger partial charge in [-0.2, -0.15) is 0 Å². The molecule has 1 saturated heterocycles. The molecule has 0 spiro atoms. The summed E-state index contributed by atoms with van der Waals surface area (Å²) in [6, 6.07) is 6.33. The van der Waals surface area contributed by atoms with E-state index in [0.717, 1.165) is 60.0 Å². The van der Waals surface area contributed by atoms with E-state index in [1.807, 2.05) is 51.8 Å². The van der Waals surface area contributed by atoms with Gasteiger partial charge in [0.15, 0.2) is 0 Å². The fourth-order valence-electron chi connectivity index (χ4n) is 4.51. The minimum absolute atomic E-state index is 0.0468. The van der Waals surface area contributed by atoms with Crippen molar-refractivity contribution in [1.82, 2.24) is 14.5 Å². The topological polar surface area (TPSA) is 67.4 Å². The third-order valence-corrected chi connectivity index (χ3v) is 6.64. The second-order valence-corrected chi connectivity index (χ2v) is 9.34. The van der Waals surface area contributed by atoms with E-state index >= 15 is 0 Å². The summed E-state index contributed by atoms with van der Waals surface area (Å²) in [5.74, 6) is 2.71. The molecule has 2 heterocycles. The van der Waals surface area contributed by atoms with Crippen LogP contribution < -0.4 is 21.3 Å². The number of hydrogen-bond donors (Lipinski definition) is 1. The highest BCUT2D eigenvalue weighted by Crippen LogP contribution is 2.31. The quantitative estimate of drug-likeness (QED) is 0.546. The molecule has 1 unspecified atom stereocenters. The molecule has 2 N–H and O–H groups in total. The van der Waals surface area contributed by atoms with Crippen LogP contribution in [-0.4, -0.2) is 40.5 Å². The van der Waals surface area contributed by atoms with Crippen molar-refractivity contribution in [2.45, 2.75) is 73.3 Å². The van der Waals surface area contributed by atoms with E-state index in [0.29, 0.717) is 0 Å². The van der Waals surface area contributed by atoms with Crippen molar-refractivity contribution in [3.8, 4) is 12.3 Å². The highest BCUT2D eigenvalue weighted by atomic mass is 16.1. The highest BCUT2D eigenvalue weighted by molar-refractivity contribution is 5.76. The largest absolute Gasteiger partial charge is 0.369 e. The first-order valence-corrected chi connectivity index (χ1v) is 13.9. The van der Waals surface area contributed by atoms with Crippen LogP contribution in [0, 0.1) is 18.3 Å². The summed E-state index contributed by atoms with van der Waals surface area (Å²) < 4.78 is 2.00. The number of benzene rings is 1. The Labute approximate surface area is 230 Å². The Bertz CT molecular complexity index is 1200. The number of terminal acetylenes is 1. The maximum atomic E-state index is 11.5. The normalized spacial score (nSPS) is 15.4. The van der Waals surface area contributed by atoms with Crippen molar-refractivity contribution in [2.75, 3.05) is 25.0 Å². The van der Waals surface area contributed by atoms with E-state index in [4.69, 9.17) is 12.2 Å². The van der Waals surface area contributed by atoms with Gasteiger partial charge in [0.2, 0.25) is 5.91 Å². The number of aryl methyl sites for hydroxylation is 2. The molecule has 0 aliphatic carbocycles. The number of carbonyl (C=O) groups excluding carboxylic acids is 1. The lowest BCUT2D eigenvalue weighted by atomic mass is 9.93. The van der Waals surface area contributed by atoms with Crippen LogP contribution in [0.5, 0.6) is 0 Å². The zero-order chi connectivity index (χ0) is 28.8. The molecular weight excluding hydrogens is 470 g/mol. The van der Waals surface area contributed by atoms with Gasteiger partial charge < -0.3 is 15.2 Å². The number of allylic oxidation sites excluding steroid dienone is 1. The Morgan fingerprint density at radius 2 is 1.89 bits per heavy atom. The summed E-state index contributed by atoms with van der Waals surface area (Å²) in [4.78, 5) is 20.3. The van der Waals surface area contributed by atoms with E-state index in [1.165, 1.54) is 12.0 Å². The summed E-state index contributed by atoms with van der Waals surface area (Å²) in [6.45, 7) is 18.2. The SMILES string of the molecule is C#CC(c1ccc(N(C)C(=C)/C=c2\c(=C/C)ncn2C)c(CC)c1)N1CCC(C(N)=O)CC1.CC.CCC. The Kier molecular flexibility index (Phi) is 14.2. The van der Waals surface area contributed by atoms with Crippen molar-refractivity contribution in [3.05, 3.63) is 58.6 Å². The molecule has 0 saturated carbocycles. The van der Waals surface area contributed by atoms with Gasteiger partial charge in [-0.05, 0) is 49.5 Å². The van der Waals surface area contributed by atoms with Gasteiger partial charge in [-0.3, -0.25) is 9.69 Å². The minimum atomic E-state index is -0.209. The molecule has 38 heavy (non-hydrogen) atoms. The van der Waals surface area contributed by atoms with E-state index in [-0.39, 0.29) is 17.9 Å². The number of anilines is 1. The molecule has 0 bridgehead atoms. The van der Waals surface area contributed by atoms with Gasteiger partial charge in [0.25, 0.3) is 0 Å². The van der Waals surface area contributed by atoms with Crippen LogP contribution in [-0.2, 0) is 18.3 Å². The summed E-state index contributed by atoms with van der Waals surface area (Å²) >= 11 is 0. The molecule has 1 atom stereocenters. The number of aromatic nitrogens is 2. The number of rotatable bonds is 7. The monoisotopic (exact) mass is 519 g/mol. The second kappa shape index (κ2) is 16.5. The molecule has 0 radical (unpaired) electrons. The minimum Gasteiger partial charge on any atom is -0.369 e. The van der Waals surface area contributed by atoms with Crippen molar-refractivity contribution in [1.29, 1.82) is 0 Å². The molecule has 1 aromatic carbocycles. The van der Waals surface area contributed by atoms with Crippen LogP contribution in [0.1, 0.15) is 78.0 Å². The maximum absolute atomic E-state index is 11.5. The van der Waals surface area contributed by atoms with Crippen LogP contribution in [0.3, 0.4) is 0 Å². The number of nitrogens with zero attached hydrogens (tertiary/aromatic N) is 4. The molecule has 208 valence electrons. The van der Waals surface area contributed by atoms with E-state index in [9.17, 15) is 4.79 Å². The van der Waals surface area contributed by atoms with Crippen molar-refractivity contribution in [2.24, 2.45) is 18.7 Å². The smallest absolute Gasteiger partial charge is 0.220 e. The predicted octanol–water partition coefficient (Wildman–Crippen LogP) is 4.53. The van der Waals surface area contributed by atoms with E-state index in [1.54, 1.807) is 0 Å². The van der Waals surface area contributed by atoms with Crippen LogP contribution in [0.15, 0.2) is 36.8 Å². The summed E-state index contributed by atoms with van der Waals surface area (Å²) in [5, 5.41) is 1.96. The van der Waals surface area contributed by atoms with Crippen LogP contribution in [0.2, 0.25) is 0 Å². The van der Waals surface area contributed by atoms with Crippen molar-refractivity contribution in [3.63, 3.8) is 0 Å². The standard InChI is InChI=1S/C27H35N5O.C3H8.C2H6/c1-7-20-17-22(24(9-3)32-14-12-21(13-15-32)27(28)33)10-11-25(20)31(6)19(4)16-26-23(8-2)29-18-30(26)5;1-3-2;1-2/h3,8,10-11,16-18,21,24H,4,7,12-15H2,1-2,5-6H3,(H2,28,33);3H2,1-2H3;1-2H3/b23-8+,26-16+;;. The number of likely N-dealkylation sites (tertiary alicyclic amines) is 1. The predicted molar refractivity (Wildman–Crippen MR) is 163 cm³/mol. The third kappa shape index (κ3) is 8.36. The maximum Gasteiger partial charge on any atom is 0.220 e. The molecule has 6 nitrogen and oxygen atoms in total. The molecule has 1 fully saturated rings. The highest BCUT2D eigenvalue weighted by Gasteiger charge is 2.28. The van der Waals surface area contributed by atoms with E-state index < -0.39 is 0 Å². The molecular formula is C32H49N5O. The first-order valence-electron chi connectivity index (χ1n) is 13.9. The average molecular weight is 520 g/mol. The Hall–Kier alpha value is -3.30. The average Bonchev–Trinajstić information content (AvgIpc) is 3.29. The molecule has 1 aromatic heterocycles. The molecule has 1 aliphatic heterocycles. The summed E-state index contributed by atoms with van der Waals surface area (Å²) in [7, 11) is 4.02. The molecule has 6 heteroatoms. The third-order valence-electron chi connectivity index (χ3n) is 6.64. The number of piperidine rings is 1. The van der Waals surface area contributed by atoms with Gasteiger partial charge in [-0.25, -0.2) is 4.98 Å². The van der Waals surface area contributed by atoms with Gasteiger partial charge in [0, 0.05) is 44.5 Å². The van der Waals surface area contributed by atoms with Crippen molar-refractivity contribution >= 4 is 23.7 Å². The Morgan fingerprint density at radius 1 is 1.29 bits per heavy atom. The number of amides is 1. The summed E-state index contributed by atoms with van der Waals surface area (Å²) in [5.41, 5.74) is 9.79. The Balaban J connectivity index is 0.00000135.